The van der Waals surface area contributed by atoms with Crippen molar-refractivity contribution in [2.45, 2.75) is 52.5 Å². The van der Waals surface area contributed by atoms with Gasteiger partial charge in [-0.2, -0.15) is 10.5 Å². The molecule has 0 saturated heterocycles. The van der Waals surface area contributed by atoms with Crippen molar-refractivity contribution in [1.82, 2.24) is 4.90 Å². The normalized spacial score (nSPS) is 24.5. The highest BCUT2D eigenvalue weighted by atomic mass is 15.2. The van der Waals surface area contributed by atoms with Crippen molar-refractivity contribution >= 4 is 0 Å². The van der Waals surface area contributed by atoms with E-state index >= 15 is 0 Å². The summed E-state index contributed by atoms with van der Waals surface area (Å²) < 4.78 is 0. The fourth-order valence-corrected chi connectivity index (χ4v) is 2.85. The molecule has 0 aromatic heterocycles. The number of rotatable bonds is 2. The van der Waals surface area contributed by atoms with Crippen LogP contribution >= 0.6 is 0 Å². The summed E-state index contributed by atoms with van der Waals surface area (Å²) in [6.45, 7) is 6.25. The van der Waals surface area contributed by atoms with Gasteiger partial charge in [0.05, 0.1) is 11.6 Å². The van der Waals surface area contributed by atoms with Crippen LogP contribution in [0.2, 0.25) is 0 Å². The topological polar surface area (TPSA) is 50.8 Å². The molecule has 3 heteroatoms. The monoisotopic (exact) mass is 255 g/mol. The molecule has 2 aliphatic rings. The third-order valence-corrected chi connectivity index (χ3v) is 4.14. The summed E-state index contributed by atoms with van der Waals surface area (Å²) in [5.74, 6) is 0. The Labute approximate surface area is 115 Å². The number of hydrogen-bond acceptors (Lipinski definition) is 3. The van der Waals surface area contributed by atoms with Crippen LogP contribution in [0, 0.1) is 28.1 Å². The van der Waals surface area contributed by atoms with Crippen LogP contribution in [0.15, 0.2) is 22.4 Å². The zero-order valence-electron chi connectivity index (χ0n) is 12.2. The third-order valence-electron chi connectivity index (χ3n) is 4.14. The van der Waals surface area contributed by atoms with Crippen molar-refractivity contribution in [3.05, 3.63) is 22.4 Å². The smallest absolute Gasteiger partial charge is 0.101 e. The second kappa shape index (κ2) is 4.74. The lowest BCUT2D eigenvalue weighted by Gasteiger charge is -2.37. The highest BCUT2D eigenvalue weighted by molar-refractivity contribution is 5.53. The quantitative estimate of drug-likeness (QED) is 0.709. The molecule has 1 fully saturated rings. The molecule has 0 spiro atoms. The summed E-state index contributed by atoms with van der Waals surface area (Å²) in [5, 5.41) is 18.7. The standard InChI is InChI=1S/C16H21N3/c1-11(9-17)13-7-16(2,3)8-15(14(13)10-18)19(4)12-5-6-12/h12H,5-8H2,1-4H3/b13-11+. The molecule has 2 aliphatic carbocycles. The molecule has 100 valence electrons. The molecule has 0 heterocycles. The SMILES string of the molecule is C/C(C#N)=C1/CC(C)(C)CC(N(C)C2CC2)=C1C#N. The van der Waals surface area contributed by atoms with Crippen molar-refractivity contribution < 1.29 is 0 Å². The van der Waals surface area contributed by atoms with Crippen molar-refractivity contribution in [3.63, 3.8) is 0 Å². The van der Waals surface area contributed by atoms with Crippen molar-refractivity contribution in [2.75, 3.05) is 7.05 Å². The van der Waals surface area contributed by atoms with Gasteiger partial charge in [-0.25, -0.2) is 0 Å². The summed E-state index contributed by atoms with van der Waals surface area (Å²) >= 11 is 0. The van der Waals surface area contributed by atoms with E-state index < -0.39 is 0 Å². The van der Waals surface area contributed by atoms with Gasteiger partial charge in [0.2, 0.25) is 0 Å². The van der Waals surface area contributed by atoms with E-state index in [2.05, 4.69) is 37.9 Å². The molecule has 19 heavy (non-hydrogen) atoms. The first kappa shape index (κ1) is 13.7. The van der Waals surface area contributed by atoms with Gasteiger partial charge in [0, 0.05) is 24.4 Å². The fraction of sp³-hybridized carbons (Fsp3) is 0.625. The summed E-state index contributed by atoms with van der Waals surface area (Å²) in [7, 11) is 2.09. The second-order valence-electron chi connectivity index (χ2n) is 6.51. The number of hydrogen-bond donors (Lipinski definition) is 0. The first-order valence-corrected chi connectivity index (χ1v) is 6.86. The maximum absolute atomic E-state index is 9.52. The molecule has 0 N–H and O–H groups in total. The first-order chi connectivity index (χ1) is 8.89. The molecule has 3 nitrogen and oxygen atoms in total. The molecule has 0 aromatic rings. The average molecular weight is 255 g/mol. The molecule has 0 aliphatic heterocycles. The van der Waals surface area contributed by atoms with Crippen LogP contribution in [0.4, 0.5) is 0 Å². The second-order valence-corrected chi connectivity index (χ2v) is 6.51. The van der Waals surface area contributed by atoms with Crippen molar-refractivity contribution in [1.29, 1.82) is 10.5 Å². The van der Waals surface area contributed by atoms with Crippen LogP contribution in [0.5, 0.6) is 0 Å². The summed E-state index contributed by atoms with van der Waals surface area (Å²) in [6, 6.07) is 5.16. The van der Waals surface area contributed by atoms with Crippen LogP contribution in [0.3, 0.4) is 0 Å². The van der Waals surface area contributed by atoms with Gasteiger partial charge in [0.25, 0.3) is 0 Å². The molecule has 0 radical (unpaired) electrons. The Morgan fingerprint density at radius 1 is 1.26 bits per heavy atom. The zero-order valence-corrected chi connectivity index (χ0v) is 12.2. The molecule has 1 saturated carbocycles. The highest BCUT2D eigenvalue weighted by Crippen LogP contribution is 2.45. The minimum Gasteiger partial charge on any atom is -0.374 e. The van der Waals surface area contributed by atoms with E-state index in [4.69, 9.17) is 5.26 Å². The minimum atomic E-state index is 0.117. The highest BCUT2D eigenvalue weighted by Gasteiger charge is 2.37. The lowest BCUT2D eigenvalue weighted by atomic mass is 9.72. The Morgan fingerprint density at radius 2 is 1.89 bits per heavy atom. The van der Waals surface area contributed by atoms with E-state index in [-0.39, 0.29) is 5.41 Å². The van der Waals surface area contributed by atoms with Crippen LogP contribution in [0.1, 0.15) is 46.5 Å². The van der Waals surface area contributed by atoms with E-state index in [1.54, 1.807) is 0 Å². The molecule has 0 bridgehead atoms. The molecule has 2 rings (SSSR count). The number of nitriles is 2. The van der Waals surface area contributed by atoms with Gasteiger partial charge < -0.3 is 4.90 Å². The Morgan fingerprint density at radius 3 is 2.37 bits per heavy atom. The van der Waals surface area contributed by atoms with Crippen LogP contribution < -0.4 is 0 Å². The number of nitrogens with zero attached hydrogens (tertiary/aromatic N) is 3. The lowest BCUT2D eigenvalue weighted by molar-refractivity contribution is 0.282. The van der Waals surface area contributed by atoms with Crippen LogP contribution in [0.25, 0.3) is 0 Å². The molecule has 0 aromatic carbocycles. The Balaban J connectivity index is 2.54. The first-order valence-electron chi connectivity index (χ1n) is 6.86. The van der Waals surface area contributed by atoms with Gasteiger partial charge in [-0.05, 0) is 43.6 Å². The van der Waals surface area contributed by atoms with Crippen LogP contribution in [-0.2, 0) is 0 Å². The van der Waals surface area contributed by atoms with E-state index in [1.807, 2.05) is 6.92 Å². The van der Waals surface area contributed by atoms with Gasteiger partial charge in [0.1, 0.15) is 6.07 Å². The molecular weight excluding hydrogens is 234 g/mol. The van der Waals surface area contributed by atoms with Gasteiger partial charge in [-0.15, -0.1) is 0 Å². The largest absolute Gasteiger partial charge is 0.374 e. The Bertz CT molecular complexity index is 533. The van der Waals surface area contributed by atoms with Crippen molar-refractivity contribution in [3.8, 4) is 12.1 Å². The Kier molecular flexibility index (Phi) is 3.42. The van der Waals surface area contributed by atoms with E-state index in [0.29, 0.717) is 11.6 Å². The zero-order chi connectivity index (χ0) is 14.2. The summed E-state index contributed by atoms with van der Waals surface area (Å²) in [6.07, 6.45) is 4.17. The van der Waals surface area contributed by atoms with Gasteiger partial charge >= 0.3 is 0 Å². The fourth-order valence-electron chi connectivity index (χ4n) is 2.85. The number of allylic oxidation sites excluding steroid dienone is 4. The maximum atomic E-state index is 9.52. The average Bonchev–Trinajstić information content (AvgIpc) is 3.19. The van der Waals surface area contributed by atoms with E-state index in [1.165, 1.54) is 12.8 Å². The third kappa shape index (κ3) is 2.66. The predicted octanol–water partition coefficient (Wildman–Crippen LogP) is 3.52. The predicted molar refractivity (Wildman–Crippen MR) is 74.8 cm³/mol. The van der Waals surface area contributed by atoms with Crippen LogP contribution in [-0.4, -0.2) is 18.0 Å². The molecule has 0 unspecified atom stereocenters. The Hall–Kier alpha value is -1.74. The summed E-state index contributed by atoms with van der Waals surface area (Å²) in [4.78, 5) is 2.27. The van der Waals surface area contributed by atoms with E-state index in [0.717, 1.165) is 29.7 Å². The molecule has 0 atom stereocenters. The van der Waals surface area contributed by atoms with E-state index in [9.17, 15) is 5.26 Å². The molecule has 0 amide bonds. The van der Waals surface area contributed by atoms with Gasteiger partial charge in [-0.3, -0.25) is 0 Å². The van der Waals surface area contributed by atoms with Crippen molar-refractivity contribution in [2.24, 2.45) is 5.41 Å². The van der Waals surface area contributed by atoms with Gasteiger partial charge in [-0.1, -0.05) is 13.8 Å². The summed E-state index contributed by atoms with van der Waals surface area (Å²) in [5.41, 5.74) is 3.63. The maximum Gasteiger partial charge on any atom is 0.101 e. The lowest BCUT2D eigenvalue weighted by Crippen LogP contribution is -2.30. The minimum absolute atomic E-state index is 0.117. The van der Waals surface area contributed by atoms with Gasteiger partial charge in [0.15, 0.2) is 0 Å². The molecular formula is C16H21N3.